The van der Waals surface area contributed by atoms with Crippen LogP contribution in [0.2, 0.25) is 0 Å². The van der Waals surface area contributed by atoms with Crippen LogP contribution < -0.4 is 0 Å². The molecule has 0 radical (unpaired) electrons. The summed E-state index contributed by atoms with van der Waals surface area (Å²) in [5.74, 6) is 0. The van der Waals surface area contributed by atoms with E-state index in [0.29, 0.717) is 6.42 Å². The average Bonchev–Trinajstić information content (AvgIpc) is 2.65. The van der Waals surface area contributed by atoms with Crippen molar-refractivity contribution in [2.45, 2.75) is 108 Å². The molecule has 6 nitrogen and oxygen atoms in total. The third-order valence-electron chi connectivity index (χ3n) is 4.73. The van der Waals surface area contributed by atoms with Gasteiger partial charge in [-0.2, -0.15) is 8.42 Å². The Kier molecular flexibility index (Phi) is 18.2. The molecule has 0 aromatic rings. The monoisotopic (exact) mass is 422 g/mol. The lowest BCUT2D eigenvalue weighted by atomic mass is 10.1. The first-order valence-electron chi connectivity index (χ1n) is 10.9. The molecule has 0 aromatic heterocycles. The fraction of sp³-hybridized carbons (Fsp3) is 0.905. The molecular weight excluding hydrogens is 380 g/mol. The van der Waals surface area contributed by atoms with Crippen molar-refractivity contribution in [3.63, 3.8) is 0 Å². The van der Waals surface area contributed by atoms with Gasteiger partial charge >= 0.3 is 0 Å². The Morgan fingerprint density at radius 2 is 1.29 bits per heavy atom. The van der Waals surface area contributed by atoms with Crippen LogP contribution in [0.4, 0.5) is 0 Å². The molecular formula is C21H42O6S. The Labute approximate surface area is 172 Å². The van der Waals surface area contributed by atoms with E-state index in [0.717, 1.165) is 25.7 Å². The molecule has 0 aromatic carbocycles. The lowest BCUT2D eigenvalue weighted by molar-refractivity contribution is -0.0218. The molecule has 0 aliphatic rings. The molecule has 2 unspecified atom stereocenters. The van der Waals surface area contributed by atoms with Crippen molar-refractivity contribution in [1.29, 1.82) is 0 Å². The minimum Gasteiger partial charge on any atom is -0.394 e. The van der Waals surface area contributed by atoms with E-state index in [1.165, 1.54) is 57.8 Å². The van der Waals surface area contributed by atoms with Crippen LogP contribution in [0, 0.1) is 0 Å². The number of hydrogen-bond acceptors (Lipinski definition) is 5. The summed E-state index contributed by atoms with van der Waals surface area (Å²) in [5, 5.41) is 18.2. The number of allylic oxidation sites excluding steroid dienone is 2. The van der Waals surface area contributed by atoms with Gasteiger partial charge in [-0.05, 0) is 32.1 Å². The predicted molar refractivity (Wildman–Crippen MR) is 114 cm³/mol. The van der Waals surface area contributed by atoms with E-state index in [-0.39, 0.29) is 6.61 Å². The molecule has 0 saturated heterocycles. The molecule has 0 amide bonds. The zero-order valence-electron chi connectivity index (χ0n) is 17.6. The zero-order chi connectivity index (χ0) is 21.1. The van der Waals surface area contributed by atoms with Gasteiger partial charge in [0, 0.05) is 6.61 Å². The maximum absolute atomic E-state index is 11.1. The van der Waals surface area contributed by atoms with Crippen LogP contribution in [0.5, 0.6) is 0 Å². The van der Waals surface area contributed by atoms with Gasteiger partial charge in [-0.1, -0.05) is 76.9 Å². The number of hydrogen-bond donors (Lipinski definition) is 3. The van der Waals surface area contributed by atoms with Crippen LogP contribution in [0.1, 0.15) is 96.8 Å². The molecule has 0 aliphatic heterocycles. The van der Waals surface area contributed by atoms with Crippen molar-refractivity contribution < 1.29 is 27.9 Å². The van der Waals surface area contributed by atoms with E-state index < -0.39 is 28.3 Å². The minimum absolute atomic E-state index is 0.128. The largest absolute Gasteiger partial charge is 0.394 e. The molecule has 7 heteroatoms. The standard InChI is InChI=1S/C21H42O6S/c1-2-3-4-5-6-7-8-9-10-11-12-13-14-15-16-17-18-27-21(20(23)19-22)28(24,25)26/h9-10,20-23H,2-8,11-19H2,1H3,(H,24,25,26)/b10-9-. The number of ether oxygens (including phenoxy) is 1. The van der Waals surface area contributed by atoms with Crippen LogP contribution in [0.25, 0.3) is 0 Å². The van der Waals surface area contributed by atoms with Gasteiger partial charge in [-0.25, -0.2) is 0 Å². The molecule has 0 fully saturated rings. The number of rotatable bonds is 20. The van der Waals surface area contributed by atoms with E-state index in [9.17, 15) is 13.5 Å². The highest BCUT2D eigenvalue weighted by Crippen LogP contribution is 2.12. The fourth-order valence-corrected chi connectivity index (χ4v) is 3.78. The Morgan fingerprint density at radius 3 is 1.75 bits per heavy atom. The Bertz CT molecular complexity index is 464. The van der Waals surface area contributed by atoms with Gasteiger partial charge in [0.1, 0.15) is 6.10 Å². The fourth-order valence-electron chi connectivity index (χ4n) is 3.03. The zero-order valence-corrected chi connectivity index (χ0v) is 18.4. The van der Waals surface area contributed by atoms with Crippen molar-refractivity contribution in [2.24, 2.45) is 0 Å². The Morgan fingerprint density at radius 1 is 0.821 bits per heavy atom. The van der Waals surface area contributed by atoms with Gasteiger partial charge in [-0.3, -0.25) is 4.55 Å². The highest BCUT2D eigenvalue weighted by atomic mass is 32.2. The molecule has 28 heavy (non-hydrogen) atoms. The van der Waals surface area contributed by atoms with Crippen molar-refractivity contribution in [1.82, 2.24) is 0 Å². The topological polar surface area (TPSA) is 104 Å². The maximum atomic E-state index is 11.1. The molecule has 0 bridgehead atoms. The van der Waals surface area contributed by atoms with Crippen molar-refractivity contribution >= 4 is 10.1 Å². The molecule has 0 spiro atoms. The van der Waals surface area contributed by atoms with Crippen molar-refractivity contribution in [2.75, 3.05) is 13.2 Å². The van der Waals surface area contributed by atoms with Gasteiger partial charge in [0.05, 0.1) is 6.61 Å². The van der Waals surface area contributed by atoms with Crippen molar-refractivity contribution in [3.8, 4) is 0 Å². The second-order valence-electron chi connectivity index (χ2n) is 7.44. The first-order chi connectivity index (χ1) is 13.4. The lowest BCUT2D eigenvalue weighted by Gasteiger charge is -2.18. The van der Waals surface area contributed by atoms with Gasteiger partial charge in [0.25, 0.3) is 10.1 Å². The normalized spacial score (nSPS) is 14.6. The number of aliphatic hydroxyl groups excluding tert-OH is 2. The summed E-state index contributed by atoms with van der Waals surface area (Å²) < 4.78 is 36.2. The highest BCUT2D eigenvalue weighted by Gasteiger charge is 2.31. The lowest BCUT2D eigenvalue weighted by Crippen LogP contribution is -2.38. The Balaban J connectivity index is 3.47. The average molecular weight is 423 g/mol. The van der Waals surface area contributed by atoms with E-state index >= 15 is 0 Å². The SMILES string of the molecule is CCCCCCCC/C=C\CCCCCCCCOC(C(O)CO)S(=O)(=O)O. The van der Waals surface area contributed by atoms with E-state index in [2.05, 4.69) is 19.1 Å². The molecule has 168 valence electrons. The van der Waals surface area contributed by atoms with Crippen LogP contribution in [-0.4, -0.2) is 47.9 Å². The molecule has 0 aliphatic carbocycles. The quantitative estimate of drug-likeness (QED) is 0.150. The summed E-state index contributed by atoms with van der Waals surface area (Å²) in [7, 11) is -4.54. The highest BCUT2D eigenvalue weighted by molar-refractivity contribution is 7.86. The van der Waals surface area contributed by atoms with E-state index in [1.807, 2.05) is 0 Å². The summed E-state index contributed by atoms with van der Waals surface area (Å²) in [5.41, 5.74) is -1.78. The molecule has 3 N–H and O–H groups in total. The van der Waals surface area contributed by atoms with Crippen molar-refractivity contribution in [3.05, 3.63) is 12.2 Å². The molecule has 0 saturated carbocycles. The summed E-state index contributed by atoms with van der Waals surface area (Å²) in [4.78, 5) is 0. The van der Waals surface area contributed by atoms with Crippen LogP contribution >= 0.6 is 0 Å². The minimum atomic E-state index is -4.54. The van der Waals surface area contributed by atoms with Gasteiger partial charge in [0.2, 0.25) is 5.44 Å². The second kappa shape index (κ2) is 18.6. The van der Waals surface area contributed by atoms with Gasteiger partial charge in [0.15, 0.2) is 0 Å². The van der Waals surface area contributed by atoms with Gasteiger partial charge < -0.3 is 14.9 Å². The van der Waals surface area contributed by atoms with Crippen LogP contribution in [0.15, 0.2) is 12.2 Å². The Hall–Kier alpha value is -0.470. The summed E-state index contributed by atoms with van der Waals surface area (Å²) in [6.45, 7) is 1.59. The smallest absolute Gasteiger partial charge is 0.295 e. The van der Waals surface area contributed by atoms with Crippen LogP contribution in [-0.2, 0) is 14.9 Å². The maximum Gasteiger partial charge on any atom is 0.295 e. The van der Waals surface area contributed by atoms with Crippen LogP contribution in [0.3, 0.4) is 0 Å². The third kappa shape index (κ3) is 16.5. The molecule has 0 rings (SSSR count). The summed E-state index contributed by atoms with van der Waals surface area (Å²) in [6, 6.07) is 0. The second-order valence-corrected chi connectivity index (χ2v) is 8.94. The summed E-state index contributed by atoms with van der Waals surface area (Å²) >= 11 is 0. The van der Waals surface area contributed by atoms with Gasteiger partial charge in [-0.15, -0.1) is 0 Å². The molecule has 2 atom stereocenters. The van der Waals surface area contributed by atoms with E-state index in [4.69, 9.17) is 14.4 Å². The number of unbranched alkanes of at least 4 members (excludes halogenated alkanes) is 12. The molecule has 0 heterocycles. The first kappa shape index (κ1) is 27.5. The summed E-state index contributed by atoms with van der Waals surface area (Å²) in [6.07, 6.45) is 19.5. The third-order valence-corrected chi connectivity index (χ3v) is 5.77. The van der Waals surface area contributed by atoms with E-state index in [1.54, 1.807) is 0 Å². The number of aliphatic hydroxyl groups is 2. The predicted octanol–water partition coefficient (Wildman–Crippen LogP) is 4.61. The first-order valence-corrected chi connectivity index (χ1v) is 12.5.